The van der Waals surface area contributed by atoms with Crippen molar-refractivity contribution < 1.29 is 4.39 Å². The number of amidine groups is 1. The Balaban J connectivity index is 0. The van der Waals surface area contributed by atoms with Gasteiger partial charge in [0.15, 0.2) is 0 Å². The van der Waals surface area contributed by atoms with E-state index in [0.29, 0.717) is 0 Å². The lowest BCUT2D eigenvalue weighted by molar-refractivity contribution is 0.627. The molecule has 0 saturated carbocycles. The van der Waals surface area contributed by atoms with Gasteiger partial charge in [-0.15, -0.1) is 0 Å². The van der Waals surface area contributed by atoms with Crippen molar-refractivity contribution in [3.05, 3.63) is 47.9 Å². The predicted molar refractivity (Wildman–Crippen MR) is 88.7 cm³/mol. The van der Waals surface area contributed by atoms with E-state index >= 15 is 0 Å². The molecule has 1 aliphatic rings. The molecule has 0 radical (unpaired) electrons. The molecule has 0 aliphatic carbocycles. The van der Waals surface area contributed by atoms with Crippen molar-refractivity contribution in [1.82, 2.24) is 5.32 Å². The second-order valence-electron chi connectivity index (χ2n) is 3.23. The number of aliphatic imine (C=N–C) groups is 1. The summed E-state index contributed by atoms with van der Waals surface area (Å²) in [6.07, 6.45) is 3.78. The molecule has 0 bridgehead atoms. The van der Waals surface area contributed by atoms with Crippen molar-refractivity contribution in [2.75, 3.05) is 0 Å². The van der Waals surface area contributed by atoms with Gasteiger partial charge in [-0.3, -0.25) is 4.99 Å². The summed E-state index contributed by atoms with van der Waals surface area (Å²) >= 11 is 0. The molecule has 1 unspecified atom stereocenters. The minimum absolute atomic E-state index is 0.148. The highest BCUT2D eigenvalue weighted by atomic mass is 19.1. The first kappa shape index (κ1) is 20.7. The molecular weight excluding hydrogens is 251 g/mol. The van der Waals surface area contributed by atoms with E-state index in [1.165, 1.54) is 12.1 Å². The maximum Gasteiger partial charge on any atom is 0.132 e. The highest BCUT2D eigenvalue weighted by Crippen LogP contribution is 2.07. The third-order valence-corrected chi connectivity index (χ3v) is 2.03. The van der Waals surface area contributed by atoms with Crippen LogP contribution in [0.15, 0.2) is 41.5 Å². The van der Waals surface area contributed by atoms with Crippen molar-refractivity contribution in [2.45, 2.75) is 54.5 Å². The molecule has 2 rings (SSSR count). The Morgan fingerprint density at radius 2 is 1.65 bits per heavy atom. The zero-order chi connectivity index (χ0) is 16.0. The number of rotatable bonds is 1. The third kappa shape index (κ3) is 7.72. The van der Waals surface area contributed by atoms with Crippen molar-refractivity contribution in [3.63, 3.8) is 0 Å². The Kier molecular flexibility index (Phi) is 14.2. The van der Waals surface area contributed by atoms with E-state index in [4.69, 9.17) is 0 Å². The van der Waals surface area contributed by atoms with Gasteiger partial charge in [-0.05, 0) is 25.1 Å². The summed E-state index contributed by atoms with van der Waals surface area (Å²) in [5.74, 6) is 0.480. The Morgan fingerprint density at radius 1 is 1.05 bits per heavy atom. The fourth-order valence-electron chi connectivity index (χ4n) is 1.34. The molecule has 2 nitrogen and oxygen atoms in total. The molecule has 0 saturated heterocycles. The van der Waals surface area contributed by atoms with Crippen LogP contribution in [-0.2, 0) is 0 Å². The number of hydrogen-bond acceptors (Lipinski definition) is 2. The number of benzene rings is 1. The molecule has 3 heteroatoms. The van der Waals surface area contributed by atoms with E-state index in [-0.39, 0.29) is 11.9 Å². The van der Waals surface area contributed by atoms with Crippen LogP contribution < -0.4 is 5.32 Å². The van der Waals surface area contributed by atoms with Gasteiger partial charge in [-0.1, -0.05) is 53.7 Å². The standard InChI is InChI=1S/C11H11FN2.3C2H6/c1-8-5-6-13-11(14-8)9-3-2-4-10(12)7-9;3*1-2/h2-8H,1H3,(H,13,14);3*1-2H3. The zero-order valence-corrected chi connectivity index (χ0v) is 13.9. The molecule has 0 spiro atoms. The summed E-state index contributed by atoms with van der Waals surface area (Å²) in [6, 6.07) is 6.55. The predicted octanol–water partition coefficient (Wildman–Crippen LogP) is 5.16. The van der Waals surface area contributed by atoms with Gasteiger partial charge in [0.2, 0.25) is 0 Å². The largest absolute Gasteiger partial charge is 0.347 e. The van der Waals surface area contributed by atoms with Gasteiger partial charge >= 0.3 is 0 Å². The second kappa shape index (κ2) is 13.8. The summed E-state index contributed by atoms with van der Waals surface area (Å²) in [5, 5.41) is 3.00. The monoisotopic (exact) mass is 280 g/mol. The SMILES string of the molecule is CC.CC.CC.CC1C=CNC(c2cccc(F)c2)=N1. The lowest BCUT2D eigenvalue weighted by Gasteiger charge is -2.13. The third-order valence-electron chi connectivity index (χ3n) is 2.03. The first-order valence-corrected chi connectivity index (χ1v) is 7.52. The second-order valence-corrected chi connectivity index (χ2v) is 3.23. The molecule has 0 amide bonds. The molecule has 0 fully saturated rings. The molecule has 1 aromatic carbocycles. The molecule has 1 N–H and O–H groups in total. The van der Waals surface area contributed by atoms with Gasteiger partial charge in [0.25, 0.3) is 0 Å². The van der Waals surface area contributed by atoms with Crippen LogP contribution in [-0.4, -0.2) is 11.9 Å². The summed E-state index contributed by atoms with van der Waals surface area (Å²) in [5.41, 5.74) is 0.779. The van der Waals surface area contributed by atoms with Gasteiger partial charge in [-0.25, -0.2) is 4.39 Å². The van der Waals surface area contributed by atoms with E-state index in [9.17, 15) is 4.39 Å². The fourth-order valence-corrected chi connectivity index (χ4v) is 1.34. The van der Waals surface area contributed by atoms with Crippen LogP contribution in [0.1, 0.15) is 54.0 Å². The zero-order valence-electron chi connectivity index (χ0n) is 13.9. The van der Waals surface area contributed by atoms with Crippen LogP contribution in [0.25, 0.3) is 0 Å². The Morgan fingerprint density at radius 3 is 2.15 bits per heavy atom. The molecule has 1 heterocycles. The first-order chi connectivity index (χ1) is 9.75. The van der Waals surface area contributed by atoms with Gasteiger partial charge < -0.3 is 5.32 Å². The van der Waals surface area contributed by atoms with E-state index in [1.807, 2.05) is 66.8 Å². The normalized spacial score (nSPS) is 15.0. The van der Waals surface area contributed by atoms with Crippen LogP contribution in [0.4, 0.5) is 4.39 Å². The van der Waals surface area contributed by atoms with E-state index < -0.39 is 0 Å². The molecule has 1 aliphatic heterocycles. The van der Waals surface area contributed by atoms with Crippen molar-refractivity contribution in [2.24, 2.45) is 4.99 Å². The average molecular weight is 280 g/mol. The maximum atomic E-state index is 12.9. The van der Waals surface area contributed by atoms with Crippen molar-refractivity contribution >= 4 is 5.84 Å². The summed E-state index contributed by atoms with van der Waals surface area (Å²) in [7, 11) is 0. The summed E-state index contributed by atoms with van der Waals surface area (Å²) in [6.45, 7) is 14.0. The smallest absolute Gasteiger partial charge is 0.132 e. The average Bonchev–Trinajstić information content (AvgIpc) is 2.53. The van der Waals surface area contributed by atoms with Crippen LogP contribution in [0.3, 0.4) is 0 Å². The lowest BCUT2D eigenvalue weighted by Crippen LogP contribution is -2.24. The van der Waals surface area contributed by atoms with Crippen molar-refractivity contribution in [3.8, 4) is 0 Å². The minimum atomic E-state index is -0.241. The number of hydrogen-bond donors (Lipinski definition) is 1. The minimum Gasteiger partial charge on any atom is -0.347 e. The Hall–Kier alpha value is -1.64. The summed E-state index contributed by atoms with van der Waals surface area (Å²) < 4.78 is 12.9. The molecule has 114 valence electrons. The Bertz CT molecular complexity index is 398. The number of halogens is 1. The topological polar surface area (TPSA) is 24.4 Å². The van der Waals surface area contributed by atoms with E-state index in [2.05, 4.69) is 10.3 Å². The maximum absolute atomic E-state index is 12.9. The molecule has 20 heavy (non-hydrogen) atoms. The van der Waals surface area contributed by atoms with Crippen LogP contribution >= 0.6 is 0 Å². The van der Waals surface area contributed by atoms with Crippen molar-refractivity contribution in [1.29, 1.82) is 0 Å². The van der Waals surface area contributed by atoms with Crippen LogP contribution in [0, 0.1) is 5.82 Å². The number of nitrogens with zero attached hydrogens (tertiary/aromatic N) is 1. The highest BCUT2D eigenvalue weighted by Gasteiger charge is 2.07. The fraction of sp³-hybridized carbons (Fsp3) is 0.471. The van der Waals surface area contributed by atoms with Gasteiger partial charge in [-0.2, -0.15) is 0 Å². The van der Waals surface area contributed by atoms with Crippen LogP contribution in [0.5, 0.6) is 0 Å². The highest BCUT2D eigenvalue weighted by molar-refractivity contribution is 5.99. The quantitative estimate of drug-likeness (QED) is 0.755. The van der Waals surface area contributed by atoms with E-state index in [0.717, 1.165) is 11.4 Å². The molecule has 1 atom stereocenters. The van der Waals surface area contributed by atoms with Gasteiger partial charge in [0.05, 0.1) is 6.04 Å². The van der Waals surface area contributed by atoms with Gasteiger partial charge in [0, 0.05) is 11.8 Å². The molecule has 0 aromatic heterocycles. The van der Waals surface area contributed by atoms with Gasteiger partial charge in [0.1, 0.15) is 11.7 Å². The van der Waals surface area contributed by atoms with E-state index in [1.54, 1.807) is 6.07 Å². The molecular formula is C17H29FN2. The number of nitrogens with one attached hydrogen (secondary N) is 1. The Labute approximate surface area is 123 Å². The molecule has 1 aromatic rings. The van der Waals surface area contributed by atoms with Crippen LogP contribution in [0.2, 0.25) is 0 Å². The summed E-state index contributed by atoms with van der Waals surface area (Å²) in [4.78, 5) is 4.35. The first-order valence-electron chi connectivity index (χ1n) is 7.52. The lowest BCUT2D eigenvalue weighted by atomic mass is 10.2.